The Hall–Kier alpha value is -2.11. The number of aryl methyl sites for hydroxylation is 1. The van der Waals surface area contributed by atoms with E-state index in [1.54, 1.807) is 19.1 Å². The molecule has 1 N–H and O–H groups in total. The number of esters is 1. The summed E-state index contributed by atoms with van der Waals surface area (Å²) in [7, 11) is 0. The number of rotatable bonds is 5. The molecule has 7 heteroatoms. The van der Waals surface area contributed by atoms with Gasteiger partial charge in [-0.15, -0.1) is 0 Å². The van der Waals surface area contributed by atoms with E-state index in [1.807, 2.05) is 0 Å². The molecule has 0 heterocycles. The number of benzene rings is 2. The summed E-state index contributed by atoms with van der Waals surface area (Å²) in [4.78, 5) is 23.6. The topological polar surface area (TPSA) is 55.4 Å². The molecule has 0 radical (unpaired) electrons. The summed E-state index contributed by atoms with van der Waals surface area (Å²) in [5.74, 6) is -1.55. The van der Waals surface area contributed by atoms with Crippen molar-refractivity contribution in [3.8, 4) is 0 Å². The highest BCUT2D eigenvalue weighted by Crippen LogP contribution is 2.32. The van der Waals surface area contributed by atoms with E-state index in [0.717, 1.165) is 5.56 Å². The molecule has 2 rings (SSSR count). The van der Waals surface area contributed by atoms with Crippen molar-refractivity contribution in [3.63, 3.8) is 0 Å². The maximum absolute atomic E-state index is 12.8. The standard InChI is InChI=1S/C17H14Cl2FNO3/c1-10-2-7-13(18)17(16(10)19)21-14(22)9-24-15(23)8-11-3-5-12(20)6-4-11/h2-7H,8-9H2,1H3,(H,21,22). The lowest BCUT2D eigenvalue weighted by atomic mass is 10.1. The molecule has 0 aromatic heterocycles. The highest BCUT2D eigenvalue weighted by atomic mass is 35.5. The number of ether oxygens (including phenoxy) is 1. The fourth-order valence-electron chi connectivity index (χ4n) is 1.91. The van der Waals surface area contributed by atoms with E-state index < -0.39 is 24.3 Å². The smallest absolute Gasteiger partial charge is 0.310 e. The van der Waals surface area contributed by atoms with Crippen LogP contribution in [0, 0.1) is 12.7 Å². The lowest BCUT2D eigenvalue weighted by Gasteiger charge is -2.11. The Kier molecular flexibility index (Phi) is 6.17. The molecule has 0 saturated carbocycles. The Balaban J connectivity index is 1.88. The molecule has 1 amide bonds. The molecule has 126 valence electrons. The maximum Gasteiger partial charge on any atom is 0.310 e. The van der Waals surface area contributed by atoms with Crippen LogP contribution in [0.1, 0.15) is 11.1 Å². The van der Waals surface area contributed by atoms with Gasteiger partial charge < -0.3 is 10.1 Å². The first-order valence-electron chi connectivity index (χ1n) is 7.01. The van der Waals surface area contributed by atoms with Gasteiger partial charge in [-0.1, -0.05) is 41.4 Å². The van der Waals surface area contributed by atoms with Crippen molar-refractivity contribution >= 4 is 40.8 Å². The lowest BCUT2D eigenvalue weighted by Crippen LogP contribution is -2.22. The first kappa shape index (κ1) is 18.2. The van der Waals surface area contributed by atoms with Crippen LogP contribution in [0.3, 0.4) is 0 Å². The zero-order chi connectivity index (χ0) is 17.7. The summed E-state index contributed by atoms with van der Waals surface area (Å²) in [6.45, 7) is 1.30. The minimum Gasteiger partial charge on any atom is -0.455 e. The highest BCUT2D eigenvalue weighted by molar-refractivity contribution is 6.40. The van der Waals surface area contributed by atoms with Gasteiger partial charge in [-0.3, -0.25) is 9.59 Å². The second-order valence-electron chi connectivity index (χ2n) is 5.07. The molecule has 24 heavy (non-hydrogen) atoms. The summed E-state index contributed by atoms with van der Waals surface area (Å²) in [5, 5.41) is 3.13. The van der Waals surface area contributed by atoms with Crippen LogP contribution in [0.25, 0.3) is 0 Å². The zero-order valence-corrected chi connectivity index (χ0v) is 14.2. The van der Waals surface area contributed by atoms with Crippen LogP contribution in [0.2, 0.25) is 10.0 Å². The van der Waals surface area contributed by atoms with Crippen LogP contribution < -0.4 is 5.32 Å². The molecular formula is C17H14Cl2FNO3. The quantitative estimate of drug-likeness (QED) is 0.804. The summed E-state index contributed by atoms with van der Waals surface area (Å²) in [5.41, 5.74) is 1.62. The molecule has 0 fully saturated rings. The summed E-state index contributed by atoms with van der Waals surface area (Å²) in [6.07, 6.45) is -0.0560. The summed E-state index contributed by atoms with van der Waals surface area (Å²) >= 11 is 12.1. The van der Waals surface area contributed by atoms with Crippen molar-refractivity contribution < 1.29 is 18.7 Å². The minimum absolute atomic E-state index is 0.0560. The van der Waals surface area contributed by atoms with Crippen molar-refractivity contribution in [2.45, 2.75) is 13.3 Å². The van der Waals surface area contributed by atoms with Gasteiger partial charge in [-0.2, -0.15) is 0 Å². The molecule has 0 aliphatic carbocycles. The van der Waals surface area contributed by atoms with Gasteiger partial charge in [-0.05, 0) is 36.2 Å². The minimum atomic E-state index is -0.599. The Labute approximate surface area is 148 Å². The third-order valence-electron chi connectivity index (χ3n) is 3.17. The molecule has 0 atom stereocenters. The third kappa shape index (κ3) is 4.94. The predicted octanol–water partition coefficient (Wildman–Crippen LogP) is 4.17. The SMILES string of the molecule is Cc1ccc(Cl)c(NC(=O)COC(=O)Cc2ccc(F)cc2)c1Cl. The average molecular weight is 370 g/mol. The number of hydrogen-bond donors (Lipinski definition) is 1. The van der Waals surface area contributed by atoms with Gasteiger partial charge in [0.25, 0.3) is 5.91 Å². The molecule has 0 unspecified atom stereocenters. The van der Waals surface area contributed by atoms with Crippen LogP contribution in [0.5, 0.6) is 0 Å². The molecule has 0 aliphatic rings. The Morgan fingerprint density at radius 3 is 2.46 bits per heavy atom. The van der Waals surface area contributed by atoms with E-state index in [1.165, 1.54) is 24.3 Å². The van der Waals surface area contributed by atoms with Crippen molar-refractivity contribution in [2.24, 2.45) is 0 Å². The van der Waals surface area contributed by atoms with Gasteiger partial charge in [0.15, 0.2) is 6.61 Å². The fourth-order valence-corrected chi connectivity index (χ4v) is 2.38. The van der Waals surface area contributed by atoms with Crippen LogP contribution in [0.15, 0.2) is 36.4 Å². The van der Waals surface area contributed by atoms with Crippen molar-refractivity contribution in [2.75, 3.05) is 11.9 Å². The Bertz CT molecular complexity index is 763. The number of halogens is 3. The van der Waals surface area contributed by atoms with Crippen LogP contribution in [0.4, 0.5) is 10.1 Å². The predicted molar refractivity (Wildman–Crippen MR) is 90.9 cm³/mol. The summed E-state index contributed by atoms with van der Waals surface area (Å²) < 4.78 is 17.7. The van der Waals surface area contributed by atoms with Gasteiger partial charge >= 0.3 is 5.97 Å². The second-order valence-corrected chi connectivity index (χ2v) is 5.85. The molecule has 0 spiro atoms. The first-order chi connectivity index (χ1) is 11.4. The van der Waals surface area contributed by atoms with Crippen LogP contribution >= 0.6 is 23.2 Å². The van der Waals surface area contributed by atoms with Crippen molar-refractivity contribution in [3.05, 3.63) is 63.4 Å². The molecule has 4 nitrogen and oxygen atoms in total. The normalized spacial score (nSPS) is 10.3. The van der Waals surface area contributed by atoms with Gasteiger partial charge in [0, 0.05) is 0 Å². The van der Waals surface area contributed by atoms with E-state index in [2.05, 4.69) is 5.32 Å². The van der Waals surface area contributed by atoms with E-state index >= 15 is 0 Å². The van der Waals surface area contributed by atoms with E-state index in [9.17, 15) is 14.0 Å². The molecule has 2 aromatic rings. The fraction of sp³-hybridized carbons (Fsp3) is 0.176. The zero-order valence-electron chi connectivity index (χ0n) is 12.7. The number of carbonyl (C=O) groups is 2. The summed E-state index contributed by atoms with van der Waals surface area (Å²) in [6, 6.07) is 8.78. The number of carbonyl (C=O) groups excluding carboxylic acids is 2. The molecular weight excluding hydrogens is 356 g/mol. The first-order valence-corrected chi connectivity index (χ1v) is 7.77. The lowest BCUT2D eigenvalue weighted by molar-refractivity contribution is -0.146. The largest absolute Gasteiger partial charge is 0.455 e. The monoisotopic (exact) mass is 369 g/mol. The van der Waals surface area contributed by atoms with Gasteiger partial charge in [-0.25, -0.2) is 4.39 Å². The van der Waals surface area contributed by atoms with E-state index in [-0.39, 0.29) is 17.1 Å². The average Bonchev–Trinajstić information content (AvgIpc) is 2.55. The number of amides is 1. The van der Waals surface area contributed by atoms with E-state index in [0.29, 0.717) is 10.6 Å². The van der Waals surface area contributed by atoms with Crippen LogP contribution in [-0.4, -0.2) is 18.5 Å². The van der Waals surface area contributed by atoms with E-state index in [4.69, 9.17) is 27.9 Å². The Morgan fingerprint density at radius 1 is 1.12 bits per heavy atom. The van der Waals surface area contributed by atoms with Gasteiger partial charge in [0.2, 0.25) is 0 Å². The van der Waals surface area contributed by atoms with Gasteiger partial charge in [0.1, 0.15) is 5.82 Å². The van der Waals surface area contributed by atoms with Gasteiger partial charge in [0.05, 0.1) is 22.2 Å². The Morgan fingerprint density at radius 2 is 1.79 bits per heavy atom. The second kappa shape index (κ2) is 8.13. The molecule has 0 aliphatic heterocycles. The highest BCUT2D eigenvalue weighted by Gasteiger charge is 2.14. The number of anilines is 1. The van der Waals surface area contributed by atoms with Crippen molar-refractivity contribution in [1.29, 1.82) is 0 Å². The molecule has 2 aromatic carbocycles. The number of hydrogen-bond acceptors (Lipinski definition) is 3. The molecule has 0 bridgehead atoms. The maximum atomic E-state index is 12.8. The van der Waals surface area contributed by atoms with Crippen LogP contribution in [-0.2, 0) is 20.7 Å². The molecule has 0 saturated heterocycles. The third-order valence-corrected chi connectivity index (χ3v) is 3.98. The number of nitrogens with one attached hydrogen (secondary N) is 1. The van der Waals surface area contributed by atoms with Crippen molar-refractivity contribution in [1.82, 2.24) is 0 Å².